The molecule has 5 rings (SSSR count). The Morgan fingerprint density at radius 1 is 0.971 bits per heavy atom. The molecule has 34 heavy (non-hydrogen) atoms. The third-order valence-corrected chi connectivity index (χ3v) is 6.78. The van der Waals surface area contributed by atoms with E-state index < -0.39 is 17.5 Å². The van der Waals surface area contributed by atoms with E-state index in [0.29, 0.717) is 18.7 Å². The number of hydrogen-bond acceptors (Lipinski definition) is 5. The summed E-state index contributed by atoms with van der Waals surface area (Å²) >= 11 is 0. The van der Waals surface area contributed by atoms with E-state index in [4.69, 9.17) is 0 Å². The van der Waals surface area contributed by atoms with Gasteiger partial charge in [0.05, 0.1) is 0 Å². The quantitative estimate of drug-likeness (QED) is 0.595. The minimum atomic E-state index is -1.20. The number of piperazine rings is 1. The second kappa shape index (κ2) is 8.87. The van der Waals surface area contributed by atoms with Crippen LogP contribution in [-0.4, -0.2) is 70.3 Å². The van der Waals surface area contributed by atoms with E-state index in [-0.39, 0.29) is 12.5 Å². The first kappa shape index (κ1) is 22.0. The molecule has 0 radical (unpaired) electrons. The maximum atomic E-state index is 13.3. The van der Waals surface area contributed by atoms with Crippen molar-refractivity contribution in [2.24, 2.45) is 0 Å². The molecule has 2 aliphatic heterocycles. The average molecular weight is 458 g/mol. The second-order valence-electron chi connectivity index (χ2n) is 9.02. The van der Waals surface area contributed by atoms with Crippen LogP contribution in [0.1, 0.15) is 18.1 Å². The number of benzene rings is 2. The van der Waals surface area contributed by atoms with Gasteiger partial charge in [-0.1, -0.05) is 36.4 Å². The fourth-order valence-corrected chi connectivity index (χ4v) is 4.67. The molecule has 3 aromatic rings. The Labute approximate surface area is 198 Å². The summed E-state index contributed by atoms with van der Waals surface area (Å²) in [5, 5.41) is 4.85. The highest BCUT2D eigenvalue weighted by molar-refractivity contribution is 6.09. The zero-order valence-electron chi connectivity index (χ0n) is 19.1. The highest BCUT2D eigenvalue weighted by Gasteiger charge is 2.49. The van der Waals surface area contributed by atoms with Crippen LogP contribution < -0.4 is 5.32 Å². The van der Waals surface area contributed by atoms with Crippen molar-refractivity contribution in [3.63, 3.8) is 0 Å². The van der Waals surface area contributed by atoms with Crippen LogP contribution >= 0.6 is 0 Å². The van der Waals surface area contributed by atoms with E-state index in [1.54, 1.807) is 24.2 Å². The SMILES string of the molecule is CC1(c2ccc3ccccc3c2)NC(=O)N(CC(=O)N2CCN(Cc3ccncc3)CC2)C1=O. The number of imide groups is 1. The van der Waals surface area contributed by atoms with Gasteiger partial charge in [0.1, 0.15) is 12.1 Å². The molecule has 4 amide bonds. The fraction of sp³-hybridized carbons (Fsp3) is 0.308. The summed E-state index contributed by atoms with van der Waals surface area (Å²) < 4.78 is 0. The van der Waals surface area contributed by atoms with E-state index in [9.17, 15) is 14.4 Å². The van der Waals surface area contributed by atoms with Crippen LogP contribution in [0.5, 0.6) is 0 Å². The first-order valence-corrected chi connectivity index (χ1v) is 11.5. The summed E-state index contributed by atoms with van der Waals surface area (Å²) in [7, 11) is 0. The predicted octanol–water partition coefficient (Wildman–Crippen LogP) is 2.35. The Morgan fingerprint density at radius 2 is 1.68 bits per heavy atom. The minimum Gasteiger partial charge on any atom is -0.339 e. The van der Waals surface area contributed by atoms with E-state index >= 15 is 0 Å². The molecule has 2 aliphatic rings. The van der Waals surface area contributed by atoms with E-state index in [1.165, 1.54) is 5.56 Å². The van der Waals surface area contributed by atoms with E-state index in [0.717, 1.165) is 35.3 Å². The molecular weight excluding hydrogens is 430 g/mol. The molecule has 0 aliphatic carbocycles. The molecule has 8 nitrogen and oxygen atoms in total. The molecule has 2 fully saturated rings. The number of nitrogens with zero attached hydrogens (tertiary/aromatic N) is 4. The van der Waals surface area contributed by atoms with Crippen LogP contribution in [0.15, 0.2) is 67.0 Å². The Bertz CT molecular complexity index is 1240. The van der Waals surface area contributed by atoms with Gasteiger partial charge in [-0.25, -0.2) is 4.79 Å². The molecule has 2 aromatic carbocycles. The standard InChI is InChI=1S/C26H27N5O3/c1-26(22-7-6-20-4-2-3-5-21(20)16-22)24(33)31(25(34)28-26)18-23(32)30-14-12-29(13-15-30)17-19-8-10-27-11-9-19/h2-11,16H,12-15,17-18H2,1H3,(H,28,34). The molecule has 1 aromatic heterocycles. The normalized spacial score (nSPS) is 21.2. The van der Waals surface area contributed by atoms with Crippen LogP contribution in [0.4, 0.5) is 4.79 Å². The molecule has 0 saturated carbocycles. The maximum absolute atomic E-state index is 13.3. The number of carbonyl (C=O) groups is 3. The largest absolute Gasteiger partial charge is 0.339 e. The predicted molar refractivity (Wildman–Crippen MR) is 128 cm³/mol. The zero-order valence-corrected chi connectivity index (χ0v) is 19.1. The molecule has 2 saturated heterocycles. The van der Waals surface area contributed by atoms with Crippen molar-refractivity contribution in [1.82, 2.24) is 25.0 Å². The summed E-state index contributed by atoms with van der Waals surface area (Å²) in [4.78, 5) is 48.1. The van der Waals surface area contributed by atoms with Crippen molar-refractivity contribution in [2.75, 3.05) is 32.7 Å². The highest BCUT2D eigenvalue weighted by Crippen LogP contribution is 2.31. The van der Waals surface area contributed by atoms with Gasteiger partial charge in [0.15, 0.2) is 0 Å². The Morgan fingerprint density at radius 3 is 2.41 bits per heavy atom. The summed E-state index contributed by atoms with van der Waals surface area (Å²) in [6, 6.07) is 17.0. The molecule has 1 atom stereocenters. The first-order chi connectivity index (χ1) is 16.4. The van der Waals surface area contributed by atoms with Crippen molar-refractivity contribution in [3.8, 4) is 0 Å². The number of rotatable bonds is 5. The average Bonchev–Trinajstić information content (AvgIpc) is 3.08. The third kappa shape index (κ3) is 4.12. The molecular formula is C26H27N5O3. The van der Waals surface area contributed by atoms with Gasteiger partial charge in [0, 0.05) is 45.1 Å². The van der Waals surface area contributed by atoms with Gasteiger partial charge in [0.2, 0.25) is 5.91 Å². The van der Waals surface area contributed by atoms with Gasteiger partial charge in [-0.2, -0.15) is 0 Å². The lowest BCUT2D eigenvalue weighted by Crippen LogP contribution is -2.51. The highest BCUT2D eigenvalue weighted by atomic mass is 16.2. The number of carbonyl (C=O) groups excluding carboxylic acids is 3. The lowest BCUT2D eigenvalue weighted by Gasteiger charge is -2.35. The van der Waals surface area contributed by atoms with Crippen molar-refractivity contribution in [1.29, 1.82) is 0 Å². The van der Waals surface area contributed by atoms with Gasteiger partial charge in [-0.3, -0.25) is 24.4 Å². The maximum Gasteiger partial charge on any atom is 0.325 e. The Balaban J connectivity index is 1.23. The number of nitrogens with one attached hydrogen (secondary N) is 1. The van der Waals surface area contributed by atoms with Gasteiger partial charge in [-0.05, 0) is 47.0 Å². The van der Waals surface area contributed by atoms with Crippen LogP contribution in [0, 0.1) is 0 Å². The lowest BCUT2D eigenvalue weighted by molar-refractivity contribution is -0.139. The monoisotopic (exact) mass is 457 g/mol. The fourth-order valence-electron chi connectivity index (χ4n) is 4.67. The van der Waals surface area contributed by atoms with Gasteiger partial charge >= 0.3 is 6.03 Å². The zero-order chi connectivity index (χ0) is 23.7. The molecule has 3 heterocycles. The number of fused-ring (bicyclic) bond motifs is 1. The first-order valence-electron chi connectivity index (χ1n) is 11.5. The number of aromatic nitrogens is 1. The number of hydrogen-bond donors (Lipinski definition) is 1. The summed E-state index contributed by atoms with van der Waals surface area (Å²) in [5.74, 6) is -0.618. The molecule has 0 spiro atoms. The molecule has 1 unspecified atom stereocenters. The smallest absolute Gasteiger partial charge is 0.325 e. The number of amides is 4. The summed E-state index contributed by atoms with van der Waals surface area (Å²) in [6.45, 7) is 4.86. The van der Waals surface area contributed by atoms with E-state index in [2.05, 4.69) is 15.2 Å². The van der Waals surface area contributed by atoms with Crippen molar-refractivity contribution in [3.05, 3.63) is 78.1 Å². The van der Waals surface area contributed by atoms with Gasteiger partial charge in [0.25, 0.3) is 5.91 Å². The van der Waals surface area contributed by atoms with Crippen LogP contribution in [0.2, 0.25) is 0 Å². The van der Waals surface area contributed by atoms with Crippen molar-refractivity contribution >= 4 is 28.6 Å². The topological polar surface area (TPSA) is 85.8 Å². The third-order valence-electron chi connectivity index (χ3n) is 6.78. The van der Waals surface area contributed by atoms with Gasteiger partial charge in [-0.15, -0.1) is 0 Å². The van der Waals surface area contributed by atoms with Crippen molar-refractivity contribution in [2.45, 2.75) is 19.0 Å². The molecule has 174 valence electrons. The number of pyridine rings is 1. The molecule has 0 bridgehead atoms. The Hall–Kier alpha value is -3.78. The van der Waals surface area contributed by atoms with Crippen LogP contribution in [0.3, 0.4) is 0 Å². The summed E-state index contributed by atoms with van der Waals surface area (Å²) in [5.41, 5.74) is 0.677. The number of urea groups is 1. The molecule has 1 N–H and O–H groups in total. The lowest BCUT2D eigenvalue weighted by atomic mass is 9.90. The molecule has 8 heteroatoms. The summed E-state index contributed by atoms with van der Waals surface area (Å²) in [6.07, 6.45) is 3.55. The second-order valence-corrected chi connectivity index (χ2v) is 9.02. The van der Waals surface area contributed by atoms with Crippen LogP contribution in [-0.2, 0) is 21.7 Å². The van der Waals surface area contributed by atoms with Gasteiger partial charge < -0.3 is 10.2 Å². The van der Waals surface area contributed by atoms with Crippen LogP contribution in [0.25, 0.3) is 10.8 Å². The van der Waals surface area contributed by atoms with E-state index in [1.807, 2.05) is 54.6 Å². The Kier molecular flexibility index (Phi) is 5.75. The van der Waals surface area contributed by atoms with Crippen molar-refractivity contribution < 1.29 is 14.4 Å². The minimum absolute atomic E-state index is 0.213.